The smallest absolute Gasteiger partial charge is 0.0159 e. The molecule has 0 aromatic heterocycles. The van der Waals surface area contributed by atoms with E-state index in [1.807, 2.05) is 0 Å². The summed E-state index contributed by atoms with van der Waals surface area (Å²) in [6.07, 6.45) is 5.64. The molecule has 3 heterocycles. The summed E-state index contributed by atoms with van der Waals surface area (Å²) in [7, 11) is 0. The monoisotopic (exact) mass is 256 g/mol. The third-order valence-electron chi connectivity index (χ3n) is 5.90. The van der Waals surface area contributed by atoms with Gasteiger partial charge in [-0.2, -0.15) is 0 Å². The predicted octanol–water partition coefficient (Wildman–Crippen LogP) is 2.62. The highest BCUT2D eigenvalue weighted by molar-refractivity contribution is 5.26. The van der Waals surface area contributed by atoms with E-state index >= 15 is 0 Å². The maximum atomic E-state index is 3.65. The van der Waals surface area contributed by atoms with Gasteiger partial charge in [0.2, 0.25) is 0 Å². The molecule has 0 saturated carbocycles. The number of hydrogen-bond donors (Lipinski definition) is 1. The average molecular weight is 256 g/mol. The molecule has 3 aliphatic rings. The topological polar surface area (TPSA) is 15.3 Å². The number of rotatable bonds is 1. The van der Waals surface area contributed by atoms with Crippen molar-refractivity contribution in [2.24, 2.45) is 5.41 Å². The van der Waals surface area contributed by atoms with Crippen molar-refractivity contribution in [1.82, 2.24) is 10.2 Å². The molecule has 1 aromatic rings. The van der Waals surface area contributed by atoms with Crippen LogP contribution in [0.3, 0.4) is 0 Å². The van der Waals surface area contributed by atoms with Crippen LogP contribution in [-0.4, -0.2) is 37.1 Å². The van der Waals surface area contributed by atoms with Crippen molar-refractivity contribution in [2.75, 3.05) is 26.2 Å². The van der Waals surface area contributed by atoms with Gasteiger partial charge in [-0.3, -0.25) is 4.90 Å². The fourth-order valence-electron chi connectivity index (χ4n) is 5.04. The van der Waals surface area contributed by atoms with Gasteiger partial charge in [-0.15, -0.1) is 0 Å². The highest BCUT2D eigenvalue weighted by Gasteiger charge is 2.54. The van der Waals surface area contributed by atoms with Gasteiger partial charge in [0.1, 0.15) is 0 Å². The normalized spacial score (nSPS) is 38.7. The van der Waals surface area contributed by atoms with E-state index < -0.39 is 0 Å². The number of hydrogen-bond acceptors (Lipinski definition) is 2. The van der Waals surface area contributed by atoms with Gasteiger partial charge in [-0.05, 0) is 56.3 Å². The molecule has 0 radical (unpaired) electrons. The van der Waals surface area contributed by atoms with Crippen LogP contribution < -0.4 is 5.32 Å². The number of fused-ring (bicyclic) bond motifs is 2. The lowest BCUT2D eigenvalue weighted by atomic mass is 9.63. The molecule has 3 saturated heterocycles. The summed E-state index contributed by atoms with van der Waals surface area (Å²) in [4.78, 5) is 2.78. The third kappa shape index (κ3) is 1.77. The van der Waals surface area contributed by atoms with E-state index in [1.165, 1.54) is 51.9 Å². The molecule has 19 heavy (non-hydrogen) atoms. The summed E-state index contributed by atoms with van der Waals surface area (Å²) >= 11 is 0. The second-order valence-electron chi connectivity index (χ2n) is 6.59. The Morgan fingerprint density at radius 2 is 2.00 bits per heavy atom. The Hall–Kier alpha value is -0.860. The molecule has 102 valence electrons. The lowest BCUT2D eigenvalue weighted by molar-refractivity contribution is 0.112. The summed E-state index contributed by atoms with van der Waals surface area (Å²) in [6.45, 7) is 5.08. The van der Waals surface area contributed by atoms with Crippen molar-refractivity contribution in [3.05, 3.63) is 35.9 Å². The van der Waals surface area contributed by atoms with Crippen molar-refractivity contribution in [3.8, 4) is 0 Å². The fraction of sp³-hybridized carbons (Fsp3) is 0.647. The Balaban J connectivity index is 1.72. The molecular weight excluding hydrogens is 232 g/mol. The molecule has 3 atom stereocenters. The van der Waals surface area contributed by atoms with E-state index in [0.29, 0.717) is 5.41 Å². The Morgan fingerprint density at radius 3 is 2.89 bits per heavy atom. The van der Waals surface area contributed by atoms with Crippen LogP contribution in [0, 0.1) is 5.41 Å². The lowest BCUT2D eigenvalue weighted by Crippen LogP contribution is -2.49. The Morgan fingerprint density at radius 1 is 1.11 bits per heavy atom. The highest BCUT2D eigenvalue weighted by atomic mass is 15.2. The molecule has 4 rings (SSSR count). The number of nitrogens with one attached hydrogen (secondary N) is 1. The zero-order chi connectivity index (χ0) is 12.7. The van der Waals surface area contributed by atoms with Crippen LogP contribution in [0.5, 0.6) is 0 Å². The van der Waals surface area contributed by atoms with Gasteiger partial charge < -0.3 is 5.32 Å². The minimum atomic E-state index is 0.559. The maximum Gasteiger partial charge on any atom is 0.0159 e. The van der Waals surface area contributed by atoms with Crippen LogP contribution in [0.2, 0.25) is 0 Å². The van der Waals surface area contributed by atoms with E-state index in [-0.39, 0.29) is 0 Å². The minimum absolute atomic E-state index is 0.559. The second-order valence-corrected chi connectivity index (χ2v) is 6.59. The van der Waals surface area contributed by atoms with Crippen molar-refractivity contribution in [1.29, 1.82) is 0 Å². The molecule has 1 spiro atoms. The molecule has 1 N–H and O–H groups in total. The van der Waals surface area contributed by atoms with Gasteiger partial charge in [-0.25, -0.2) is 0 Å². The molecule has 1 aromatic carbocycles. The Labute approximate surface area is 116 Å². The molecule has 2 heteroatoms. The second kappa shape index (κ2) is 4.60. The van der Waals surface area contributed by atoms with E-state index in [9.17, 15) is 0 Å². The summed E-state index contributed by atoms with van der Waals surface area (Å²) in [6, 6.07) is 12.1. The van der Waals surface area contributed by atoms with Crippen LogP contribution in [0.25, 0.3) is 0 Å². The lowest BCUT2D eigenvalue weighted by Gasteiger charge is -2.46. The van der Waals surface area contributed by atoms with Gasteiger partial charge in [-0.1, -0.05) is 30.3 Å². The highest BCUT2D eigenvalue weighted by Crippen LogP contribution is 2.54. The Bertz CT molecular complexity index is 440. The van der Waals surface area contributed by atoms with E-state index in [0.717, 1.165) is 12.0 Å². The van der Waals surface area contributed by atoms with Gasteiger partial charge in [0.05, 0.1) is 0 Å². The standard InChI is InChI=1S/C17H24N2/c1-2-5-14(6-3-1)15-13-18-10-8-17(15)9-12-19-11-4-7-16(17)19/h1-3,5-6,15-16,18H,4,7-13H2. The fourth-order valence-corrected chi connectivity index (χ4v) is 5.04. The van der Waals surface area contributed by atoms with Crippen molar-refractivity contribution in [3.63, 3.8) is 0 Å². The van der Waals surface area contributed by atoms with E-state index in [1.54, 1.807) is 5.56 Å². The largest absolute Gasteiger partial charge is 0.316 e. The van der Waals surface area contributed by atoms with Gasteiger partial charge in [0, 0.05) is 18.5 Å². The molecule has 0 bridgehead atoms. The van der Waals surface area contributed by atoms with E-state index in [4.69, 9.17) is 0 Å². The number of benzene rings is 1. The van der Waals surface area contributed by atoms with Crippen molar-refractivity contribution >= 4 is 0 Å². The van der Waals surface area contributed by atoms with Crippen LogP contribution in [0.15, 0.2) is 30.3 Å². The quantitative estimate of drug-likeness (QED) is 0.831. The van der Waals surface area contributed by atoms with Gasteiger partial charge in [0.15, 0.2) is 0 Å². The average Bonchev–Trinajstić information content (AvgIpc) is 3.06. The molecule has 2 nitrogen and oxygen atoms in total. The first-order valence-electron chi connectivity index (χ1n) is 7.90. The summed E-state index contributed by atoms with van der Waals surface area (Å²) < 4.78 is 0. The van der Waals surface area contributed by atoms with Crippen LogP contribution in [-0.2, 0) is 0 Å². The maximum absolute atomic E-state index is 3.65. The van der Waals surface area contributed by atoms with Crippen molar-refractivity contribution in [2.45, 2.75) is 37.6 Å². The zero-order valence-corrected chi connectivity index (χ0v) is 11.6. The summed E-state index contributed by atoms with van der Waals surface area (Å²) in [5, 5.41) is 3.65. The molecule has 3 fully saturated rings. The zero-order valence-electron chi connectivity index (χ0n) is 11.6. The Kier molecular flexibility index (Phi) is 2.89. The summed E-state index contributed by atoms with van der Waals surface area (Å²) in [5.41, 5.74) is 2.12. The van der Waals surface area contributed by atoms with Crippen molar-refractivity contribution < 1.29 is 0 Å². The first-order valence-corrected chi connectivity index (χ1v) is 7.90. The van der Waals surface area contributed by atoms with Crippen LogP contribution in [0.1, 0.15) is 37.2 Å². The van der Waals surface area contributed by atoms with Gasteiger partial charge in [0.25, 0.3) is 0 Å². The molecule has 3 aliphatic heterocycles. The van der Waals surface area contributed by atoms with E-state index in [2.05, 4.69) is 40.5 Å². The summed E-state index contributed by atoms with van der Waals surface area (Å²) in [5.74, 6) is 0.718. The minimum Gasteiger partial charge on any atom is -0.316 e. The predicted molar refractivity (Wildman–Crippen MR) is 78.3 cm³/mol. The number of nitrogens with zero attached hydrogens (tertiary/aromatic N) is 1. The number of piperidine rings is 1. The van der Waals surface area contributed by atoms with Gasteiger partial charge >= 0.3 is 0 Å². The molecule has 0 aliphatic carbocycles. The molecule has 3 unspecified atom stereocenters. The molecular formula is C17H24N2. The van der Waals surface area contributed by atoms with Crippen LogP contribution in [0.4, 0.5) is 0 Å². The third-order valence-corrected chi connectivity index (χ3v) is 5.90. The first kappa shape index (κ1) is 11.9. The molecule has 0 amide bonds. The SMILES string of the molecule is c1ccc(C2CNCCC23CCN2CCCC23)cc1. The first-order chi connectivity index (χ1) is 9.40. The van der Waals surface area contributed by atoms with Crippen LogP contribution >= 0.6 is 0 Å².